The van der Waals surface area contributed by atoms with Crippen molar-refractivity contribution in [1.29, 1.82) is 0 Å². The van der Waals surface area contributed by atoms with Gasteiger partial charge >= 0.3 is 6.18 Å². The molecule has 1 amide bonds. The molecule has 0 saturated carbocycles. The van der Waals surface area contributed by atoms with Crippen molar-refractivity contribution in [2.75, 3.05) is 31.1 Å². The van der Waals surface area contributed by atoms with Crippen molar-refractivity contribution < 1.29 is 18.0 Å². The number of rotatable bonds is 3. The molecule has 0 N–H and O–H groups in total. The van der Waals surface area contributed by atoms with E-state index in [4.69, 9.17) is 0 Å². The van der Waals surface area contributed by atoms with E-state index in [0.29, 0.717) is 43.1 Å². The van der Waals surface area contributed by atoms with E-state index in [1.807, 2.05) is 4.90 Å². The monoisotopic (exact) mass is 402 g/mol. The number of piperazine rings is 1. The molecule has 29 heavy (non-hydrogen) atoms. The van der Waals surface area contributed by atoms with Crippen molar-refractivity contribution in [2.45, 2.75) is 6.18 Å². The standard InChI is InChI=1S/C19H17F3N6O/c20-19(21,22)15-4-2-5-16(12-15)26-7-9-27(10-8-26)18(29)14-3-1-6-17(11-14)28-13-23-24-25-28/h1-6,11-13H,7-10H2. The molecule has 1 fully saturated rings. The van der Waals surface area contributed by atoms with Crippen molar-refractivity contribution in [1.82, 2.24) is 25.1 Å². The summed E-state index contributed by atoms with van der Waals surface area (Å²) in [7, 11) is 0. The second kappa shape index (κ2) is 7.53. The quantitative estimate of drug-likeness (QED) is 0.674. The van der Waals surface area contributed by atoms with Crippen LogP contribution >= 0.6 is 0 Å². The van der Waals surface area contributed by atoms with E-state index in [1.165, 1.54) is 17.1 Å². The van der Waals surface area contributed by atoms with Crippen LogP contribution in [-0.4, -0.2) is 57.2 Å². The summed E-state index contributed by atoms with van der Waals surface area (Å²) >= 11 is 0. The Morgan fingerprint density at radius 1 is 0.931 bits per heavy atom. The number of anilines is 1. The van der Waals surface area contributed by atoms with E-state index in [2.05, 4.69) is 15.5 Å². The number of hydrogen-bond acceptors (Lipinski definition) is 5. The average Bonchev–Trinajstić information content (AvgIpc) is 3.28. The highest BCUT2D eigenvalue weighted by Gasteiger charge is 2.31. The number of alkyl halides is 3. The van der Waals surface area contributed by atoms with Crippen LogP contribution < -0.4 is 4.90 Å². The maximum absolute atomic E-state index is 12.9. The predicted octanol–water partition coefficient (Wildman–Crippen LogP) is 2.64. The SMILES string of the molecule is O=C(c1cccc(-n2cnnn2)c1)N1CCN(c2cccc(C(F)(F)F)c2)CC1. The molecule has 0 spiro atoms. The fraction of sp³-hybridized carbons (Fsp3) is 0.263. The fourth-order valence-electron chi connectivity index (χ4n) is 3.29. The third-order valence-electron chi connectivity index (χ3n) is 4.81. The third kappa shape index (κ3) is 4.05. The number of benzene rings is 2. The first-order valence-electron chi connectivity index (χ1n) is 8.97. The molecule has 1 aliphatic rings. The van der Waals surface area contributed by atoms with Crippen molar-refractivity contribution in [3.63, 3.8) is 0 Å². The molecule has 150 valence electrons. The zero-order chi connectivity index (χ0) is 20.4. The second-order valence-corrected chi connectivity index (χ2v) is 6.63. The predicted molar refractivity (Wildman–Crippen MR) is 98.7 cm³/mol. The van der Waals surface area contributed by atoms with Crippen molar-refractivity contribution >= 4 is 11.6 Å². The minimum absolute atomic E-state index is 0.136. The van der Waals surface area contributed by atoms with Gasteiger partial charge in [0.25, 0.3) is 5.91 Å². The fourth-order valence-corrected chi connectivity index (χ4v) is 3.29. The first-order valence-corrected chi connectivity index (χ1v) is 8.97. The van der Waals surface area contributed by atoms with Crippen LogP contribution in [0.5, 0.6) is 0 Å². The first kappa shape index (κ1) is 18.9. The van der Waals surface area contributed by atoms with E-state index in [0.717, 1.165) is 12.1 Å². The van der Waals surface area contributed by atoms with E-state index >= 15 is 0 Å². The second-order valence-electron chi connectivity index (χ2n) is 6.63. The largest absolute Gasteiger partial charge is 0.416 e. The van der Waals surface area contributed by atoms with Gasteiger partial charge in [-0.3, -0.25) is 4.79 Å². The van der Waals surface area contributed by atoms with Gasteiger partial charge in [-0.1, -0.05) is 12.1 Å². The molecule has 4 rings (SSSR count). The minimum atomic E-state index is -4.38. The number of aromatic nitrogens is 4. The van der Waals surface area contributed by atoms with Crippen LogP contribution in [0.3, 0.4) is 0 Å². The maximum atomic E-state index is 12.9. The molecule has 1 aromatic heterocycles. The molecule has 0 radical (unpaired) electrons. The molecule has 0 atom stereocenters. The Morgan fingerprint density at radius 3 is 2.34 bits per heavy atom. The summed E-state index contributed by atoms with van der Waals surface area (Å²) in [5.74, 6) is -0.136. The lowest BCUT2D eigenvalue weighted by Crippen LogP contribution is -2.48. The molecule has 2 aromatic carbocycles. The highest BCUT2D eigenvalue weighted by atomic mass is 19.4. The lowest BCUT2D eigenvalue weighted by Gasteiger charge is -2.36. The number of carbonyl (C=O) groups is 1. The summed E-state index contributed by atoms with van der Waals surface area (Å²) in [6.45, 7) is 1.76. The zero-order valence-corrected chi connectivity index (χ0v) is 15.3. The van der Waals surface area contributed by atoms with Crippen molar-refractivity contribution in [3.05, 3.63) is 66.0 Å². The lowest BCUT2D eigenvalue weighted by atomic mass is 10.1. The Bertz CT molecular complexity index is 997. The highest BCUT2D eigenvalue weighted by molar-refractivity contribution is 5.95. The number of tetrazole rings is 1. The van der Waals surface area contributed by atoms with Gasteiger partial charge in [0.15, 0.2) is 0 Å². The van der Waals surface area contributed by atoms with Gasteiger partial charge in [0.05, 0.1) is 11.3 Å². The first-order chi connectivity index (χ1) is 13.9. The molecule has 10 heteroatoms. The molecule has 0 aliphatic carbocycles. The van der Waals surface area contributed by atoms with Crippen LogP contribution in [0.2, 0.25) is 0 Å². The molecule has 2 heterocycles. The van der Waals surface area contributed by atoms with Gasteiger partial charge < -0.3 is 9.80 Å². The van der Waals surface area contributed by atoms with Gasteiger partial charge in [0, 0.05) is 37.4 Å². The molecule has 7 nitrogen and oxygen atoms in total. The molecule has 1 aliphatic heterocycles. The molecular formula is C19H17F3N6O. The van der Waals surface area contributed by atoms with E-state index in [-0.39, 0.29) is 5.91 Å². The van der Waals surface area contributed by atoms with Crippen LogP contribution in [-0.2, 0) is 6.18 Å². The van der Waals surface area contributed by atoms with Gasteiger partial charge in [-0.2, -0.15) is 13.2 Å². The number of carbonyl (C=O) groups excluding carboxylic acids is 1. The maximum Gasteiger partial charge on any atom is 0.416 e. The van der Waals surface area contributed by atoms with Gasteiger partial charge in [-0.05, 0) is 46.8 Å². The van der Waals surface area contributed by atoms with E-state index in [9.17, 15) is 18.0 Å². The average molecular weight is 402 g/mol. The topological polar surface area (TPSA) is 67.2 Å². The smallest absolute Gasteiger partial charge is 0.368 e. The number of amides is 1. The lowest BCUT2D eigenvalue weighted by molar-refractivity contribution is -0.137. The van der Waals surface area contributed by atoms with Gasteiger partial charge in [0.1, 0.15) is 6.33 Å². The molecule has 1 saturated heterocycles. The van der Waals surface area contributed by atoms with Crippen LogP contribution in [0.25, 0.3) is 5.69 Å². The number of halogens is 3. The summed E-state index contributed by atoms with van der Waals surface area (Å²) in [6.07, 6.45) is -2.93. The normalized spacial score (nSPS) is 14.9. The van der Waals surface area contributed by atoms with Gasteiger partial charge in [-0.25, -0.2) is 4.68 Å². The summed E-state index contributed by atoms with van der Waals surface area (Å²) in [5.41, 5.74) is 1.01. The zero-order valence-electron chi connectivity index (χ0n) is 15.3. The van der Waals surface area contributed by atoms with Crippen LogP contribution in [0.1, 0.15) is 15.9 Å². The Labute approximate surface area is 164 Å². The van der Waals surface area contributed by atoms with Gasteiger partial charge in [-0.15, -0.1) is 5.10 Å². The molecule has 3 aromatic rings. The summed E-state index contributed by atoms with van der Waals surface area (Å²) in [6, 6.07) is 12.2. The van der Waals surface area contributed by atoms with Crippen LogP contribution in [0, 0.1) is 0 Å². The summed E-state index contributed by atoms with van der Waals surface area (Å²) < 4.78 is 40.3. The Hall–Kier alpha value is -3.43. The molecule has 0 bridgehead atoms. The van der Waals surface area contributed by atoms with Crippen LogP contribution in [0.4, 0.5) is 18.9 Å². The molecular weight excluding hydrogens is 385 g/mol. The third-order valence-corrected chi connectivity index (χ3v) is 4.81. The molecule has 0 unspecified atom stereocenters. The summed E-state index contributed by atoms with van der Waals surface area (Å²) in [4.78, 5) is 16.4. The number of nitrogens with zero attached hydrogens (tertiary/aromatic N) is 6. The van der Waals surface area contributed by atoms with Crippen LogP contribution in [0.15, 0.2) is 54.9 Å². The van der Waals surface area contributed by atoms with E-state index < -0.39 is 11.7 Å². The Morgan fingerprint density at radius 2 is 1.66 bits per heavy atom. The summed E-state index contributed by atoms with van der Waals surface area (Å²) in [5, 5.41) is 11.0. The van der Waals surface area contributed by atoms with Crippen molar-refractivity contribution in [2.24, 2.45) is 0 Å². The van der Waals surface area contributed by atoms with E-state index in [1.54, 1.807) is 35.2 Å². The Balaban J connectivity index is 1.44. The minimum Gasteiger partial charge on any atom is -0.368 e. The van der Waals surface area contributed by atoms with Gasteiger partial charge in [0.2, 0.25) is 0 Å². The highest BCUT2D eigenvalue weighted by Crippen LogP contribution is 2.32. The van der Waals surface area contributed by atoms with Crippen molar-refractivity contribution in [3.8, 4) is 5.69 Å². The Kier molecular flexibility index (Phi) is 4.91. The number of hydrogen-bond donors (Lipinski definition) is 0.